The average molecular weight is 361 g/mol. The van der Waals surface area contributed by atoms with E-state index in [-0.39, 0.29) is 5.78 Å². The minimum atomic E-state index is -0.667. The van der Waals surface area contributed by atoms with E-state index in [1.54, 1.807) is 19.1 Å². The molecule has 0 amide bonds. The van der Waals surface area contributed by atoms with Crippen LogP contribution >= 0.6 is 0 Å². The number of hydrogen-bond donors (Lipinski definition) is 0. The fraction of sp³-hybridized carbons (Fsp3) is 0.652. The van der Waals surface area contributed by atoms with Crippen molar-refractivity contribution in [1.29, 1.82) is 0 Å². The zero-order valence-corrected chi connectivity index (χ0v) is 16.9. The molecule has 0 aromatic heterocycles. The molecule has 3 nitrogen and oxygen atoms in total. The van der Waals surface area contributed by atoms with E-state index in [9.17, 15) is 9.59 Å². The van der Waals surface area contributed by atoms with E-state index in [1.807, 2.05) is 19.1 Å². The Morgan fingerprint density at radius 2 is 1.42 bits per heavy atom. The number of hydrogen-bond acceptors (Lipinski definition) is 3. The first-order valence-corrected chi connectivity index (χ1v) is 10.4. The molecule has 0 heterocycles. The average Bonchev–Trinajstić information content (AvgIpc) is 2.64. The third-order valence-corrected chi connectivity index (χ3v) is 4.74. The molecule has 0 radical (unpaired) electrons. The number of ether oxygens (including phenoxy) is 1. The highest BCUT2D eigenvalue weighted by Crippen LogP contribution is 2.13. The lowest BCUT2D eigenvalue weighted by molar-refractivity contribution is -0.126. The molecule has 0 aliphatic carbocycles. The predicted molar refractivity (Wildman–Crippen MR) is 108 cm³/mol. The van der Waals surface area contributed by atoms with E-state index in [4.69, 9.17) is 4.74 Å². The maximum Gasteiger partial charge on any atom is 0.338 e. The number of esters is 1. The number of benzene rings is 1. The highest BCUT2D eigenvalue weighted by atomic mass is 16.5. The van der Waals surface area contributed by atoms with Crippen molar-refractivity contribution < 1.29 is 14.3 Å². The second-order valence-electron chi connectivity index (χ2n) is 7.19. The molecule has 1 aromatic rings. The number of carbonyl (C=O) groups excluding carboxylic acids is 2. The largest absolute Gasteiger partial charge is 0.451 e. The summed E-state index contributed by atoms with van der Waals surface area (Å²) in [5, 5.41) is 0. The first-order valence-electron chi connectivity index (χ1n) is 10.4. The van der Waals surface area contributed by atoms with Crippen LogP contribution in [0.1, 0.15) is 101 Å². The highest BCUT2D eigenvalue weighted by molar-refractivity contribution is 5.92. The van der Waals surface area contributed by atoms with Crippen molar-refractivity contribution in [2.75, 3.05) is 0 Å². The normalized spacial score (nSPS) is 12.0. The first-order chi connectivity index (χ1) is 12.6. The lowest BCUT2D eigenvalue weighted by Crippen LogP contribution is -2.24. The monoisotopic (exact) mass is 360 g/mol. The zero-order valence-electron chi connectivity index (χ0n) is 16.9. The molecule has 0 bridgehead atoms. The van der Waals surface area contributed by atoms with Crippen molar-refractivity contribution >= 4 is 11.8 Å². The van der Waals surface area contributed by atoms with Crippen LogP contribution in [0, 0.1) is 0 Å². The molecule has 1 unspecified atom stereocenters. The maximum absolute atomic E-state index is 12.1. The minimum absolute atomic E-state index is 0.0211. The number of ketones is 1. The Labute approximate surface area is 159 Å². The lowest BCUT2D eigenvalue weighted by atomic mass is 10.0. The van der Waals surface area contributed by atoms with E-state index in [0.29, 0.717) is 12.0 Å². The summed E-state index contributed by atoms with van der Waals surface area (Å²) in [5.74, 6) is -0.437. The van der Waals surface area contributed by atoms with Crippen LogP contribution in [0.5, 0.6) is 0 Å². The predicted octanol–water partition coefficient (Wildman–Crippen LogP) is 6.28. The van der Waals surface area contributed by atoms with Crippen LogP contribution in [-0.4, -0.2) is 17.9 Å². The summed E-state index contributed by atoms with van der Waals surface area (Å²) in [5.41, 5.74) is 1.77. The molecule has 0 saturated heterocycles. The summed E-state index contributed by atoms with van der Waals surface area (Å²) in [6.07, 6.45) is 12.1. The van der Waals surface area contributed by atoms with E-state index >= 15 is 0 Å². The van der Waals surface area contributed by atoms with Gasteiger partial charge < -0.3 is 4.74 Å². The molecule has 1 aromatic carbocycles. The van der Waals surface area contributed by atoms with Gasteiger partial charge in [-0.2, -0.15) is 0 Å². The molecule has 3 heteroatoms. The Bertz CT molecular complexity index is 519. The molecule has 1 atom stereocenters. The van der Waals surface area contributed by atoms with Gasteiger partial charge in [0, 0.05) is 6.42 Å². The molecule has 0 N–H and O–H groups in total. The number of aryl methyl sites for hydroxylation is 1. The van der Waals surface area contributed by atoms with E-state index < -0.39 is 12.1 Å². The highest BCUT2D eigenvalue weighted by Gasteiger charge is 2.17. The van der Waals surface area contributed by atoms with Gasteiger partial charge in [0.25, 0.3) is 0 Å². The summed E-state index contributed by atoms with van der Waals surface area (Å²) in [6.45, 7) is 5.84. The summed E-state index contributed by atoms with van der Waals surface area (Å²) in [6, 6.07) is 7.60. The first kappa shape index (κ1) is 22.4. The van der Waals surface area contributed by atoms with Gasteiger partial charge in [0.05, 0.1) is 5.56 Å². The topological polar surface area (TPSA) is 43.4 Å². The fourth-order valence-corrected chi connectivity index (χ4v) is 3.01. The van der Waals surface area contributed by atoms with Crippen molar-refractivity contribution in [2.24, 2.45) is 0 Å². The molecular formula is C23H36O3. The van der Waals surface area contributed by atoms with Gasteiger partial charge in [-0.1, -0.05) is 70.9 Å². The molecule has 146 valence electrons. The Morgan fingerprint density at radius 1 is 0.846 bits per heavy atom. The summed E-state index contributed by atoms with van der Waals surface area (Å²) >= 11 is 0. The third kappa shape index (κ3) is 9.17. The van der Waals surface area contributed by atoms with Crippen LogP contribution in [0.2, 0.25) is 0 Å². The van der Waals surface area contributed by atoms with Crippen molar-refractivity contribution in [2.45, 2.75) is 97.5 Å². The lowest BCUT2D eigenvalue weighted by Gasteiger charge is -2.12. The van der Waals surface area contributed by atoms with Gasteiger partial charge in [0.15, 0.2) is 11.9 Å². The number of carbonyl (C=O) groups is 2. The Morgan fingerprint density at radius 3 is 2.00 bits per heavy atom. The van der Waals surface area contributed by atoms with Crippen LogP contribution in [0.25, 0.3) is 0 Å². The molecule has 0 spiro atoms. The fourth-order valence-electron chi connectivity index (χ4n) is 3.01. The number of Topliss-reactive ketones (excluding diaryl/α,β-unsaturated/α-hetero) is 1. The molecule has 0 saturated carbocycles. The van der Waals surface area contributed by atoms with E-state index in [0.717, 1.165) is 12.8 Å². The molecule has 0 aliphatic heterocycles. The second-order valence-corrected chi connectivity index (χ2v) is 7.19. The molecular weight excluding hydrogens is 324 g/mol. The standard InChI is InChI=1S/C23H36O3/c1-4-6-7-8-9-10-11-12-14-20-15-17-21(18-16-20)23(25)26-19(3)22(24)13-5-2/h15-19H,4-14H2,1-3H3. The van der Waals surface area contributed by atoms with E-state index in [2.05, 4.69) is 6.92 Å². The maximum atomic E-state index is 12.1. The Balaban J connectivity index is 2.28. The van der Waals surface area contributed by atoms with Gasteiger partial charge in [-0.25, -0.2) is 4.79 Å². The summed E-state index contributed by atoms with van der Waals surface area (Å²) in [7, 11) is 0. The molecule has 1 rings (SSSR count). The summed E-state index contributed by atoms with van der Waals surface area (Å²) < 4.78 is 5.26. The van der Waals surface area contributed by atoms with Gasteiger partial charge in [-0.05, 0) is 43.9 Å². The van der Waals surface area contributed by atoms with E-state index in [1.165, 1.54) is 56.9 Å². The smallest absolute Gasteiger partial charge is 0.338 e. The number of unbranched alkanes of at least 4 members (excludes halogenated alkanes) is 7. The van der Waals surface area contributed by atoms with Gasteiger partial charge in [0.2, 0.25) is 0 Å². The van der Waals surface area contributed by atoms with Crippen molar-refractivity contribution in [3.8, 4) is 0 Å². The van der Waals surface area contributed by atoms with Crippen LogP contribution in [-0.2, 0) is 16.0 Å². The number of rotatable bonds is 14. The molecule has 0 aliphatic rings. The quantitative estimate of drug-likeness (QED) is 0.289. The van der Waals surface area contributed by atoms with Crippen molar-refractivity contribution in [3.05, 3.63) is 35.4 Å². The van der Waals surface area contributed by atoms with Crippen LogP contribution in [0.3, 0.4) is 0 Å². The molecule has 0 fully saturated rings. The van der Waals surface area contributed by atoms with Crippen molar-refractivity contribution in [3.63, 3.8) is 0 Å². The Hall–Kier alpha value is -1.64. The van der Waals surface area contributed by atoms with Crippen LogP contribution in [0.15, 0.2) is 24.3 Å². The van der Waals surface area contributed by atoms with Gasteiger partial charge in [0.1, 0.15) is 0 Å². The van der Waals surface area contributed by atoms with Gasteiger partial charge in [-0.15, -0.1) is 0 Å². The Kier molecular flexibility index (Phi) is 11.7. The zero-order chi connectivity index (χ0) is 19.2. The van der Waals surface area contributed by atoms with Crippen LogP contribution < -0.4 is 0 Å². The third-order valence-electron chi connectivity index (χ3n) is 4.74. The van der Waals surface area contributed by atoms with Gasteiger partial charge >= 0.3 is 5.97 Å². The van der Waals surface area contributed by atoms with Crippen LogP contribution in [0.4, 0.5) is 0 Å². The second kappa shape index (κ2) is 13.5. The van der Waals surface area contributed by atoms with Crippen molar-refractivity contribution in [1.82, 2.24) is 0 Å². The summed E-state index contributed by atoms with van der Waals surface area (Å²) in [4.78, 5) is 23.8. The van der Waals surface area contributed by atoms with Gasteiger partial charge in [-0.3, -0.25) is 4.79 Å². The SMILES string of the molecule is CCCCCCCCCCc1ccc(C(=O)OC(C)C(=O)CCC)cc1. The minimum Gasteiger partial charge on any atom is -0.451 e. The molecule has 26 heavy (non-hydrogen) atoms.